The van der Waals surface area contributed by atoms with Gasteiger partial charge < -0.3 is 9.73 Å². The van der Waals surface area contributed by atoms with Gasteiger partial charge in [0.2, 0.25) is 0 Å². The van der Waals surface area contributed by atoms with Crippen LogP contribution in [0, 0.1) is 0 Å². The third-order valence-corrected chi connectivity index (χ3v) is 3.80. The molecule has 1 aromatic carbocycles. The van der Waals surface area contributed by atoms with Crippen LogP contribution in [-0.4, -0.2) is 5.91 Å². The molecule has 0 aliphatic carbocycles. The molecule has 0 fully saturated rings. The first-order valence-corrected chi connectivity index (χ1v) is 6.13. The lowest BCUT2D eigenvalue weighted by Gasteiger charge is -2.07. The first-order valence-electron chi connectivity index (χ1n) is 4.58. The van der Waals surface area contributed by atoms with Crippen molar-refractivity contribution in [1.29, 1.82) is 0 Å². The van der Waals surface area contributed by atoms with Crippen molar-refractivity contribution in [3.05, 3.63) is 50.8 Å². The molecule has 0 spiro atoms. The Morgan fingerprint density at radius 2 is 2.00 bits per heavy atom. The minimum atomic E-state index is -0.379. The number of hydrogen-bond acceptors (Lipinski definition) is 2. The molecule has 0 bridgehead atoms. The zero-order chi connectivity index (χ0) is 12.4. The summed E-state index contributed by atoms with van der Waals surface area (Å²) in [6, 6.07) is 6.54. The second kappa shape index (κ2) is 5.12. The van der Waals surface area contributed by atoms with Crippen LogP contribution in [-0.2, 0) is 0 Å². The van der Waals surface area contributed by atoms with Gasteiger partial charge in [-0.1, -0.05) is 23.2 Å². The van der Waals surface area contributed by atoms with Gasteiger partial charge in [0.25, 0.3) is 5.91 Å². The average molecular weight is 335 g/mol. The third kappa shape index (κ3) is 2.65. The molecular formula is C11H6BrCl2NO2. The summed E-state index contributed by atoms with van der Waals surface area (Å²) in [5, 5.41) is 3.24. The van der Waals surface area contributed by atoms with Gasteiger partial charge in [0, 0.05) is 4.47 Å². The fourth-order valence-corrected chi connectivity index (χ4v) is 2.04. The van der Waals surface area contributed by atoms with Gasteiger partial charge in [-0.15, -0.1) is 0 Å². The molecule has 17 heavy (non-hydrogen) atoms. The minimum Gasteiger partial charge on any atom is -0.459 e. The quantitative estimate of drug-likeness (QED) is 0.815. The van der Waals surface area contributed by atoms with E-state index < -0.39 is 0 Å². The Balaban J connectivity index is 2.25. The van der Waals surface area contributed by atoms with Gasteiger partial charge in [-0.3, -0.25) is 4.79 Å². The molecule has 0 aliphatic heterocycles. The van der Waals surface area contributed by atoms with Crippen molar-refractivity contribution in [1.82, 2.24) is 0 Å². The lowest BCUT2D eigenvalue weighted by atomic mass is 10.3. The largest absolute Gasteiger partial charge is 0.459 e. The van der Waals surface area contributed by atoms with Crippen LogP contribution in [0.2, 0.25) is 10.0 Å². The van der Waals surface area contributed by atoms with Crippen LogP contribution in [0.5, 0.6) is 0 Å². The maximum Gasteiger partial charge on any atom is 0.291 e. The highest BCUT2D eigenvalue weighted by Gasteiger charge is 2.13. The van der Waals surface area contributed by atoms with Gasteiger partial charge in [-0.2, -0.15) is 0 Å². The van der Waals surface area contributed by atoms with E-state index in [9.17, 15) is 4.79 Å². The van der Waals surface area contributed by atoms with Crippen molar-refractivity contribution in [3.63, 3.8) is 0 Å². The van der Waals surface area contributed by atoms with E-state index in [0.29, 0.717) is 15.2 Å². The highest BCUT2D eigenvalue weighted by atomic mass is 79.9. The standard InChI is InChI=1S/C11H6BrCl2NO2/c12-6-3-4-7(10(14)9(6)13)15-11(16)8-2-1-5-17-8/h1-5H,(H,15,16). The number of carbonyl (C=O) groups excluding carboxylic acids is 1. The number of carbonyl (C=O) groups is 1. The number of halogens is 3. The third-order valence-electron chi connectivity index (χ3n) is 2.03. The lowest BCUT2D eigenvalue weighted by molar-refractivity contribution is 0.0996. The van der Waals surface area contributed by atoms with Crippen molar-refractivity contribution in [2.45, 2.75) is 0 Å². The van der Waals surface area contributed by atoms with E-state index in [1.807, 2.05) is 0 Å². The zero-order valence-corrected chi connectivity index (χ0v) is 11.4. The summed E-state index contributed by atoms with van der Waals surface area (Å²) in [7, 11) is 0. The smallest absolute Gasteiger partial charge is 0.291 e. The average Bonchev–Trinajstić information content (AvgIpc) is 2.83. The molecule has 0 atom stereocenters. The van der Waals surface area contributed by atoms with Crippen molar-refractivity contribution < 1.29 is 9.21 Å². The first-order chi connectivity index (χ1) is 8.09. The van der Waals surface area contributed by atoms with Crippen molar-refractivity contribution in [2.75, 3.05) is 5.32 Å². The molecule has 88 valence electrons. The van der Waals surface area contributed by atoms with E-state index >= 15 is 0 Å². The predicted octanol–water partition coefficient (Wildman–Crippen LogP) is 4.60. The van der Waals surface area contributed by atoms with Crippen LogP contribution in [0.15, 0.2) is 39.4 Å². The summed E-state index contributed by atoms with van der Waals surface area (Å²) in [5.74, 6) is -0.171. The van der Waals surface area contributed by atoms with Crippen LogP contribution in [0.25, 0.3) is 0 Å². The molecule has 1 N–H and O–H groups in total. The number of amides is 1. The summed E-state index contributed by atoms with van der Waals surface area (Å²) < 4.78 is 5.63. The second-order valence-corrected chi connectivity index (χ2v) is 4.76. The van der Waals surface area contributed by atoms with Crippen LogP contribution in [0.1, 0.15) is 10.6 Å². The van der Waals surface area contributed by atoms with Gasteiger partial charge in [-0.05, 0) is 40.2 Å². The molecule has 1 heterocycles. The van der Waals surface area contributed by atoms with Crippen LogP contribution in [0.4, 0.5) is 5.69 Å². The van der Waals surface area contributed by atoms with E-state index in [0.717, 1.165) is 0 Å². The number of nitrogens with one attached hydrogen (secondary N) is 1. The van der Waals surface area contributed by atoms with Gasteiger partial charge in [0.1, 0.15) is 0 Å². The normalized spacial score (nSPS) is 10.3. The number of rotatable bonds is 2. The summed E-state index contributed by atoms with van der Waals surface area (Å²) in [6.45, 7) is 0. The molecule has 0 saturated carbocycles. The van der Waals surface area contributed by atoms with Crippen LogP contribution < -0.4 is 5.32 Å². The number of anilines is 1. The van der Waals surface area contributed by atoms with Crippen molar-refractivity contribution in [2.24, 2.45) is 0 Å². The monoisotopic (exact) mass is 333 g/mol. The number of hydrogen-bond donors (Lipinski definition) is 1. The molecule has 0 unspecified atom stereocenters. The highest BCUT2D eigenvalue weighted by molar-refractivity contribution is 9.10. The molecule has 6 heteroatoms. The summed E-state index contributed by atoms with van der Waals surface area (Å²) in [6.07, 6.45) is 1.42. The van der Waals surface area contributed by atoms with Crippen LogP contribution in [0.3, 0.4) is 0 Å². The fourth-order valence-electron chi connectivity index (χ4n) is 1.21. The fraction of sp³-hybridized carbons (Fsp3) is 0. The Hall–Kier alpha value is -0.970. The Morgan fingerprint density at radius 1 is 1.24 bits per heavy atom. The molecule has 2 aromatic rings. The zero-order valence-electron chi connectivity index (χ0n) is 8.34. The Labute approximate surface area is 116 Å². The summed E-state index contributed by atoms with van der Waals surface area (Å²) in [4.78, 5) is 11.7. The van der Waals surface area contributed by atoms with Gasteiger partial charge in [0.05, 0.1) is 22.0 Å². The number of furan rings is 1. The van der Waals surface area contributed by atoms with Crippen molar-refractivity contribution >= 4 is 50.7 Å². The predicted molar refractivity (Wildman–Crippen MR) is 70.8 cm³/mol. The highest BCUT2D eigenvalue weighted by Crippen LogP contribution is 2.35. The van der Waals surface area contributed by atoms with Gasteiger partial charge >= 0.3 is 0 Å². The molecule has 3 nitrogen and oxygen atoms in total. The van der Waals surface area contributed by atoms with Crippen LogP contribution >= 0.6 is 39.1 Å². The number of benzene rings is 1. The maximum absolute atomic E-state index is 11.7. The van der Waals surface area contributed by atoms with E-state index in [1.54, 1.807) is 24.3 Å². The molecule has 0 radical (unpaired) electrons. The summed E-state index contributed by atoms with van der Waals surface area (Å²) in [5.41, 5.74) is 0.432. The minimum absolute atomic E-state index is 0.208. The lowest BCUT2D eigenvalue weighted by Crippen LogP contribution is -2.11. The van der Waals surface area contributed by atoms with E-state index in [1.165, 1.54) is 6.26 Å². The Morgan fingerprint density at radius 3 is 2.65 bits per heavy atom. The molecule has 0 saturated heterocycles. The van der Waals surface area contributed by atoms with Gasteiger partial charge in [0.15, 0.2) is 5.76 Å². The molecular weight excluding hydrogens is 329 g/mol. The second-order valence-electron chi connectivity index (χ2n) is 3.15. The first kappa shape index (κ1) is 12.5. The Kier molecular flexibility index (Phi) is 3.76. The van der Waals surface area contributed by atoms with E-state index in [2.05, 4.69) is 21.2 Å². The SMILES string of the molecule is O=C(Nc1ccc(Br)c(Cl)c1Cl)c1ccco1. The molecule has 2 rings (SSSR count). The topological polar surface area (TPSA) is 42.2 Å². The molecule has 1 aromatic heterocycles. The summed E-state index contributed by atoms with van der Waals surface area (Å²) >= 11 is 15.2. The van der Waals surface area contributed by atoms with Gasteiger partial charge in [-0.25, -0.2) is 0 Å². The Bertz CT molecular complexity index is 555. The van der Waals surface area contributed by atoms with E-state index in [4.69, 9.17) is 27.6 Å². The van der Waals surface area contributed by atoms with E-state index in [-0.39, 0.29) is 16.7 Å². The molecule has 0 aliphatic rings. The van der Waals surface area contributed by atoms with Crippen molar-refractivity contribution in [3.8, 4) is 0 Å². The maximum atomic E-state index is 11.7. The molecule has 1 amide bonds.